The highest BCUT2D eigenvalue weighted by molar-refractivity contribution is 5.67. The van der Waals surface area contributed by atoms with Crippen molar-refractivity contribution in [3.8, 4) is 0 Å². The van der Waals surface area contributed by atoms with Gasteiger partial charge in [-0.2, -0.15) is 0 Å². The Morgan fingerprint density at radius 2 is 1.83 bits per heavy atom. The first kappa shape index (κ1) is 17.8. The van der Waals surface area contributed by atoms with Crippen molar-refractivity contribution in [3.05, 3.63) is 77.4 Å². The smallest absolute Gasteiger partial charge is 0.407 e. The summed E-state index contributed by atoms with van der Waals surface area (Å²) in [4.78, 5) is 11.6. The molecule has 4 nitrogen and oxygen atoms in total. The molecule has 0 bridgehead atoms. The van der Waals surface area contributed by atoms with E-state index >= 15 is 0 Å². The molecule has 0 unspecified atom stereocenters. The Bertz CT molecular complexity index is 653. The quantitative estimate of drug-likeness (QED) is 0.730. The van der Waals surface area contributed by atoms with Crippen LogP contribution in [0.1, 0.15) is 23.1 Å². The third-order valence-electron chi connectivity index (χ3n) is 3.53. The van der Waals surface area contributed by atoms with Gasteiger partial charge in [0.1, 0.15) is 6.61 Å². The molecule has 0 atom stereocenters. The standard InChI is InChI=1S/C20H23NO3/c22-15-13-19-11-5-4-10-18(19)12-6-7-14-21-20(23)24-16-17-8-2-1-3-9-17/h1-6,8-12,22H,7,13-16H2,(H,21,23). The van der Waals surface area contributed by atoms with E-state index in [2.05, 4.69) is 5.32 Å². The number of alkyl carbamates (subject to hydrolysis) is 1. The van der Waals surface area contributed by atoms with Crippen LogP contribution in [0.2, 0.25) is 0 Å². The van der Waals surface area contributed by atoms with Gasteiger partial charge in [-0.15, -0.1) is 0 Å². The van der Waals surface area contributed by atoms with Gasteiger partial charge in [-0.3, -0.25) is 0 Å². The maximum absolute atomic E-state index is 11.6. The number of nitrogens with one attached hydrogen (secondary N) is 1. The molecule has 0 aliphatic rings. The predicted molar refractivity (Wildman–Crippen MR) is 95.5 cm³/mol. The normalized spacial score (nSPS) is 10.7. The molecule has 0 saturated carbocycles. The number of benzene rings is 2. The van der Waals surface area contributed by atoms with Crippen molar-refractivity contribution < 1.29 is 14.6 Å². The topological polar surface area (TPSA) is 58.6 Å². The van der Waals surface area contributed by atoms with Gasteiger partial charge in [0.05, 0.1) is 0 Å². The highest BCUT2D eigenvalue weighted by Crippen LogP contribution is 2.11. The average Bonchev–Trinajstić information content (AvgIpc) is 2.62. The SMILES string of the molecule is O=C(NCCC=Cc1ccccc1CCO)OCc1ccccc1. The predicted octanol–water partition coefficient (Wildman–Crippen LogP) is 3.55. The summed E-state index contributed by atoms with van der Waals surface area (Å²) in [5, 5.41) is 11.8. The molecular formula is C20H23NO3. The Balaban J connectivity index is 1.68. The molecule has 0 heterocycles. The fraction of sp³-hybridized carbons (Fsp3) is 0.250. The molecule has 0 fully saturated rings. The molecule has 2 N–H and O–H groups in total. The van der Waals surface area contributed by atoms with Crippen molar-refractivity contribution in [2.75, 3.05) is 13.2 Å². The van der Waals surface area contributed by atoms with Gasteiger partial charge in [0, 0.05) is 13.2 Å². The number of carbonyl (C=O) groups excluding carboxylic acids is 1. The van der Waals surface area contributed by atoms with Crippen molar-refractivity contribution in [2.45, 2.75) is 19.4 Å². The van der Waals surface area contributed by atoms with Crippen LogP contribution in [-0.2, 0) is 17.8 Å². The molecule has 0 spiro atoms. The van der Waals surface area contributed by atoms with Gasteiger partial charge in [0.2, 0.25) is 0 Å². The van der Waals surface area contributed by atoms with E-state index in [0.29, 0.717) is 19.4 Å². The Labute approximate surface area is 142 Å². The first-order valence-electron chi connectivity index (χ1n) is 8.09. The summed E-state index contributed by atoms with van der Waals surface area (Å²) in [6.07, 6.45) is 4.97. The molecule has 24 heavy (non-hydrogen) atoms. The van der Waals surface area contributed by atoms with Gasteiger partial charge >= 0.3 is 6.09 Å². The maximum atomic E-state index is 11.6. The number of rotatable bonds is 8. The molecule has 0 aromatic heterocycles. The molecule has 2 aromatic carbocycles. The van der Waals surface area contributed by atoms with Crippen LogP contribution < -0.4 is 5.32 Å². The van der Waals surface area contributed by atoms with Crippen molar-refractivity contribution in [1.29, 1.82) is 0 Å². The summed E-state index contributed by atoms with van der Waals surface area (Å²) < 4.78 is 5.14. The zero-order valence-corrected chi connectivity index (χ0v) is 13.7. The highest BCUT2D eigenvalue weighted by atomic mass is 16.5. The van der Waals surface area contributed by atoms with Crippen LogP contribution >= 0.6 is 0 Å². The third-order valence-corrected chi connectivity index (χ3v) is 3.53. The third kappa shape index (κ3) is 6.26. The van der Waals surface area contributed by atoms with Crippen LogP contribution in [0, 0.1) is 0 Å². The first-order valence-corrected chi connectivity index (χ1v) is 8.09. The number of hydrogen-bond acceptors (Lipinski definition) is 3. The summed E-state index contributed by atoms with van der Waals surface area (Å²) in [5.74, 6) is 0. The maximum Gasteiger partial charge on any atom is 0.407 e. The molecular weight excluding hydrogens is 302 g/mol. The lowest BCUT2D eigenvalue weighted by Crippen LogP contribution is -2.24. The molecule has 0 aliphatic carbocycles. The van der Waals surface area contributed by atoms with Crippen molar-refractivity contribution in [3.63, 3.8) is 0 Å². The molecule has 2 aromatic rings. The second kappa shape index (κ2) is 10.2. The number of aliphatic hydroxyl groups excluding tert-OH is 1. The van der Waals surface area contributed by atoms with Gasteiger partial charge in [-0.05, 0) is 29.5 Å². The lowest BCUT2D eigenvalue weighted by Gasteiger charge is -2.06. The number of hydrogen-bond donors (Lipinski definition) is 2. The Kier molecular flexibility index (Phi) is 7.57. The number of carbonyl (C=O) groups is 1. The van der Waals surface area contributed by atoms with Gasteiger partial charge in [0.25, 0.3) is 0 Å². The lowest BCUT2D eigenvalue weighted by molar-refractivity contribution is 0.140. The second-order valence-corrected chi connectivity index (χ2v) is 5.35. The minimum Gasteiger partial charge on any atom is -0.445 e. The van der Waals surface area contributed by atoms with Gasteiger partial charge in [-0.25, -0.2) is 4.79 Å². The van der Waals surface area contributed by atoms with E-state index in [-0.39, 0.29) is 13.2 Å². The summed E-state index contributed by atoms with van der Waals surface area (Å²) in [6.45, 7) is 0.934. The Hall–Kier alpha value is -2.59. The molecule has 0 radical (unpaired) electrons. The monoisotopic (exact) mass is 325 g/mol. The van der Waals surface area contributed by atoms with E-state index in [1.54, 1.807) is 0 Å². The van der Waals surface area contributed by atoms with Crippen LogP contribution in [0.15, 0.2) is 60.7 Å². The van der Waals surface area contributed by atoms with E-state index in [9.17, 15) is 4.79 Å². The molecule has 2 rings (SSSR count). The van der Waals surface area contributed by atoms with Crippen LogP contribution in [0.25, 0.3) is 6.08 Å². The molecule has 0 saturated heterocycles. The van der Waals surface area contributed by atoms with E-state index < -0.39 is 6.09 Å². The molecule has 4 heteroatoms. The molecule has 1 amide bonds. The van der Waals surface area contributed by atoms with Gasteiger partial charge in [0.15, 0.2) is 0 Å². The van der Waals surface area contributed by atoms with E-state index in [1.807, 2.05) is 66.7 Å². The van der Waals surface area contributed by atoms with Crippen molar-refractivity contribution >= 4 is 12.2 Å². The first-order chi connectivity index (χ1) is 11.8. The molecule has 126 valence electrons. The van der Waals surface area contributed by atoms with Crippen LogP contribution in [0.3, 0.4) is 0 Å². The van der Waals surface area contributed by atoms with Crippen LogP contribution in [-0.4, -0.2) is 24.4 Å². The minimum atomic E-state index is -0.409. The molecule has 0 aliphatic heterocycles. The van der Waals surface area contributed by atoms with E-state index in [0.717, 1.165) is 16.7 Å². The van der Waals surface area contributed by atoms with Crippen LogP contribution in [0.4, 0.5) is 4.79 Å². The zero-order valence-electron chi connectivity index (χ0n) is 13.7. The number of ether oxygens (including phenoxy) is 1. The van der Waals surface area contributed by atoms with Gasteiger partial charge in [-0.1, -0.05) is 66.7 Å². The average molecular weight is 325 g/mol. The van der Waals surface area contributed by atoms with E-state index in [4.69, 9.17) is 9.84 Å². The summed E-state index contributed by atoms with van der Waals surface area (Å²) in [7, 11) is 0. The summed E-state index contributed by atoms with van der Waals surface area (Å²) >= 11 is 0. The summed E-state index contributed by atoms with van der Waals surface area (Å²) in [5.41, 5.74) is 3.18. The minimum absolute atomic E-state index is 0.139. The lowest BCUT2D eigenvalue weighted by atomic mass is 10.0. The fourth-order valence-corrected chi connectivity index (χ4v) is 2.29. The fourth-order valence-electron chi connectivity index (χ4n) is 2.29. The number of amides is 1. The Morgan fingerprint density at radius 1 is 1.08 bits per heavy atom. The van der Waals surface area contributed by atoms with E-state index in [1.165, 1.54) is 0 Å². The zero-order chi connectivity index (χ0) is 17.0. The van der Waals surface area contributed by atoms with Crippen LogP contribution in [0.5, 0.6) is 0 Å². The summed E-state index contributed by atoms with van der Waals surface area (Å²) in [6, 6.07) is 17.5. The highest BCUT2D eigenvalue weighted by Gasteiger charge is 2.01. The second-order valence-electron chi connectivity index (χ2n) is 5.35. The Morgan fingerprint density at radius 3 is 2.62 bits per heavy atom. The largest absolute Gasteiger partial charge is 0.445 e. The van der Waals surface area contributed by atoms with Gasteiger partial charge < -0.3 is 15.2 Å². The van der Waals surface area contributed by atoms with Crippen molar-refractivity contribution in [2.24, 2.45) is 0 Å². The van der Waals surface area contributed by atoms with Crippen molar-refractivity contribution in [1.82, 2.24) is 5.32 Å². The number of aliphatic hydroxyl groups is 1.